The van der Waals surface area contributed by atoms with Gasteiger partial charge in [0.2, 0.25) is 0 Å². The van der Waals surface area contributed by atoms with Crippen LogP contribution in [0.2, 0.25) is 0 Å². The van der Waals surface area contributed by atoms with Crippen molar-refractivity contribution in [1.29, 1.82) is 0 Å². The number of aromatic nitrogens is 2. The van der Waals surface area contributed by atoms with Crippen LogP contribution in [0.15, 0.2) is 133 Å². The minimum absolute atomic E-state index is 0.0508. The minimum atomic E-state index is -0.0508. The van der Waals surface area contributed by atoms with Gasteiger partial charge in [-0.15, -0.1) is 0 Å². The summed E-state index contributed by atoms with van der Waals surface area (Å²) in [6, 6.07) is 48.1. The molecule has 1 heterocycles. The molecule has 2 nitrogen and oxygen atoms in total. The normalized spacial score (nSPS) is 13.5. The molecule has 0 aliphatic heterocycles. The Hall–Kier alpha value is -5.34. The Morgan fingerprint density at radius 2 is 1.05 bits per heavy atom. The monoisotopic (exact) mass is 548 g/mol. The quantitative estimate of drug-likeness (QED) is 0.201. The third kappa shape index (κ3) is 3.47. The first-order chi connectivity index (χ1) is 21.1. The molecule has 0 N–H and O–H groups in total. The van der Waals surface area contributed by atoms with Gasteiger partial charge in [0.05, 0.1) is 11.2 Å². The number of nitrogens with zero attached hydrogens (tertiary/aromatic N) is 2. The van der Waals surface area contributed by atoms with Gasteiger partial charge in [0.15, 0.2) is 5.82 Å². The summed E-state index contributed by atoms with van der Waals surface area (Å²) in [6.45, 7) is 4.71. The van der Waals surface area contributed by atoms with E-state index in [-0.39, 0.29) is 5.41 Å². The van der Waals surface area contributed by atoms with Crippen LogP contribution >= 0.6 is 0 Å². The molecule has 0 amide bonds. The molecule has 2 heteroatoms. The fourth-order valence-electron chi connectivity index (χ4n) is 7.31. The molecular formula is C41H28N2. The first-order valence-corrected chi connectivity index (χ1v) is 14.9. The van der Waals surface area contributed by atoms with Gasteiger partial charge in [0, 0.05) is 21.9 Å². The van der Waals surface area contributed by atoms with Crippen molar-refractivity contribution < 1.29 is 0 Å². The first kappa shape index (κ1) is 24.3. The maximum atomic E-state index is 5.17. The molecule has 0 bridgehead atoms. The van der Waals surface area contributed by atoms with Crippen LogP contribution in [0, 0.1) is 0 Å². The molecule has 1 aliphatic carbocycles. The zero-order valence-electron chi connectivity index (χ0n) is 24.1. The minimum Gasteiger partial charge on any atom is -0.228 e. The van der Waals surface area contributed by atoms with Crippen molar-refractivity contribution in [1.82, 2.24) is 9.97 Å². The number of fused-ring (bicyclic) bond motifs is 10. The summed E-state index contributed by atoms with van der Waals surface area (Å²) >= 11 is 0. The molecule has 0 saturated heterocycles. The molecule has 1 aromatic heterocycles. The third-order valence-electron chi connectivity index (χ3n) is 9.45. The van der Waals surface area contributed by atoms with Crippen LogP contribution in [0.1, 0.15) is 25.0 Å². The first-order valence-electron chi connectivity index (χ1n) is 14.9. The van der Waals surface area contributed by atoms with Crippen molar-refractivity contribution >= 4 is 43.2 Å². The van der Waals surface area contributed by atoms with Crippen molar-refractivity contribution in [2.45, 2.75) is 19.3 Å². The van der Waals surface area contributed by atoms with Crippen LogP contribution in [-0.2, 0) is 5.41 Å². The van der Waals surface area contributed by atoms with Gasteiger partial charge < -0.3 is 0 Å². The van der Waals surface area contributed by atoms with Crippen molar-refractivity contribution in [3.63, 3.8) is 0 Å². The van der Waals surface area contributed by atoms with E-state index in [2.05, 4.69) is 135 Å². The van der Waals surface area contributed by atoms with Crippen LogP contribution in [-0.4, -0.2) is 9.97 Å². The lowest BCUT2D eigenvalue weighted by Gasteiger charge is -2.22. The molecule has 202 valence electrons. The van der Waals surface area contributed by atoms with Gasteiger partial charge in [0.1, 0.15) is 0 Å². The average molecular weight is 549 g/mol. The number of para-hydroxylation sites is 1. The van der Waals surface area contributed by atoms with E-state index in [4.69, 9.17) is 9.97 Å². The second-order valence-corrected chi connectivity index (χ2v) is 12.2. The summed E-state index contributed by atoms with van der Waals surface area (Å²) in [4.78, 5) is 10.2. The molecular weight excluding hydrogens is 520 g/mol. The SMILES string of the molecule is CC1(C)c2ccccc2-c2cc3c4ccccc4c4cc(-c5nc(-c6ccccc6)c6ccccc6n5)ccc4c3cc21. The van der Waals surface area contributed by atoms with Gasteiger partial charge >= 0.3 is 0 Å². The average Bonchev–Trinajstić information content (AvgIpc) is 3.29. The van der Waals surface area contributed by atoms with Crippen LogP contribution in [0.3, 0.4) is 0 Å². The molecule has 0 fully saturated rings. The highest BCUT2D eigenvalue weighted by atomic mass is 14.9. The maximum Gasteiger partial charge on any atom is 0.160 e. The molecule has 0 radical (unpaired) electrons. The maximum absolute atomic E-state index is 5.17. The molecule has 0 spiro atoms. The Morgan fingerprint density at radius 1 is 0.419 bits per heavy atom. The van der Waals surface area contributed by atoms with Crippen LogP contribution in [0.25, 0.3) is 77.0 Å². The lowest BCUT2D eigenvalue weighted by Crippen LogP contribution is -2.14. The van der Waals surface area contributed by atoms with E-state index < -0.39 is 0 Å². The largest absolute Gasteiger partial charge is 0.228 e. The van der Waals surface area contributed by atoms with Gasteiger partial charge in [-0.2, -0.15) is 0 Å². The number of benzene rings is 7. The summed E-state index contributed by atoms with van der Waals surface area (Å²) in [7, 11) is 0. The van der Waals surface area contributed by atoms with E-state index in [0.717, 1.165) is 33.5 Å². The van der Waals surface area contributed by atoms with Gasteiger partial charge in [0.25, 0.3) is 0 Å². The van der Waals surface area contributed by atoms with Crippen LogP contribution < -0.4 is 0 Å². The van der Waals surface area contributed by atoms with Crippen molar-refractivity contribution in [3.8, 4) is 33.8 Å². The zero-order chi connectivity index (χ0) is 28.7. The highest BCUT2D eigenvalue weighted by Crippen LogP contribution is 2.51. The number of hydrogen-bond acceptors (Lipinski definition) is 2. The van der Waals surface area contributed by atoms with E-state index in [0.29, 0.717) is 0 Å². The van der Waals surface area contributed by atoms with Gasteiger partial charge in [-0.3, -0.25) is 0 Å². The topological polar surface area (TPSA) is 25.8 Å². The van der Waals surface area contributed by atoms with Crippen molar-refractivity contribution in [2.24, 2.45) is 0 Å². The molecule has 1 aliphatic rings. The molecule has 8 aromatic rings. The molecule has 0 saturated carbocycles. The lowest BCUT2D eigenvalue weighted by molar-refractivity contribution is 0.661. The van der Waals surface area contributed by atoms with E-state index in [9.17, 15) is 0 Å². The second kappa shape index (κ2) is 8.83. The van der Waals surface area contributed by atoms with Gasteiger partial charge in [-0.25, -0.2) is 9.97 Å². The predicted molar refractivity (Wildman–Crippen MR) is 180 cm³/mol. The molecule has 7 aromatic carbocycles. The highest BCUT2D eigenvalue weighted by molar-refractivity contribution is 6.26. The van der Waals surface area contributed by atoms with E-state index >= 15 is 0 Å². The molecule has 9 rings (SSSR count). The second-order valence-electron chi connectivity index (χ2n) is 12.2. The van der Waals surface area contributed by atoms with Crippen molar-refractivity contribution in [3.05, 3.63) is 145 Å². The fraction of sp³-hybridized carbons (Fsp3) is 0.0732. The standard InChI is InChI=1S/C41H28N2/c1-41(2)36-18-10-8-16-30(36)35-23-33-28-15-7-6-14-27(28)32-22-26(20-21-29(32)34(33)24-37(35)41)40-42-38-19-11-9-17-31(38)39(43-40)25-12-4-3-5-13-25/h3-24H,1-2H3. The molecule has 0 unspecified atom stereocenters. The zero-order valence-corrected chi connectivity index (χ0v) is 24.1. The summed E-state index contributed by atoms with van der Waals surface area (Å²) in [5.41, 5.74) is 9.48. The summed E-state index contributed by atoms with van der Waals surface area (Å²) in [5, 5.41) is 8.67. The van der Waals surface area contributed by atoms with Crippen LogP contribution in [0.5, 0.6) is 0 Å². The Labute approximate surface area is 250 Å². The Balaban J connectivity index is 1.33. The van der Waals surface area contributed by atoms with Crippen molar-refractivity contribution in [2.75, 3.05) is 0 Å². The smallest absolute Gasteiger partial charge is 0.160 e. The summed E-state index contributed by atoms with van der Waals surface area (Å²) in [5.74, 6) is 0.745. The van der Waals surface area contributed by atoms with E-state index in [1.165, 1.54) is 54.6 Å². The lowest BCUT2D eigenvalue weighted by atomic mass is 9.81. The number of hydrogen-bond donors (Lipinski definition) is 0. The van der Waals surface area contributed by atoms with E-state index in [1.807, 2.05) is 12.1 Å². The summed E-state index contributed by atoms with van der Waals surface area (Å²) < 4.78 is 0. The fourth-order valence-corrected chi connectivity index (χ4v) is 7.31. The predicted octanol–water partition coefficient (Wildman–Crippen LogP) is 10.7. The highest BCUT2D eigenvalue weighted by Gasteiger charge is 2.35. The summed E-state index contributed by atoms with van der Waals surface area (Å²) in [6.07, 6.45) is 0. The third-order valence-corrected chi connectivity index (χ3v) is 9.45. The molecule has 43 heavy (non-hydrogen) atoms. The van der Waals surface area contributed by atoms with E-state index in [1.54, 1.807) is 0 Å². The Bertz CT molecular complexity index is 2420. The molecule has 0 atom stereocenters. The van der Waals surface area contributed by atoms with Crippen LogP contribution in [0.4, 0.5) is 0 Å². The van der Waals surface area contributed by atoms with Gasteiger partial charge in [-0.1, -0.05) is 123 Å². The number of rotatable bonds is 2. The Kier molecular flexibility index (Phi) is 4.99. The van der Waals surface area contributed by atoms with Gasteiger partial charge in [-0.05, 0) is 78.8 Å². The Morgan fingerprint density at radius 3 is 1.86 bits per heavy atom.